The normalized spacial score (nSPS) is 21.8. The zero-order valence-electron chi connectivity index (χ0n) is 11.1. The highest BCUT2D eigenvalue weighted by Crippen LogP contribution is 2.38. The molecule has 0 radical (unpaired) electrons. The molecular formula is C15H26. The molecule has 1 aliphatic rings. The summed E-state index contributed by atoms with van der Waals surface area (Å²) in [4.78, 5) is 0. The van der Waals surface area contributed by atoms with Crippen LogP contribution in [0.4, 0.5) is 0 Å². The molecule has 1 rings (SSSR count). The maximum absolute atomic E-state index is 2.34. The van der Waals surface area contributed by atoms with Crippen LogP contribution in [0.25, 0.3) is 0 Å². The Morgan fingerprint density at radius 2 is 1.60 bits per heavy atom. The van der Waals surface area contributed by atoms with E-state index in [1.165, 1.54) is 32.1 Å². The van der Waals surface area contributed by atoms with Crippen molar-refractivity contribution in [1.82, 2.24) is 0 Å². The summed E-state index contributed by atoms with van der Waals surface area (Å²) in [7, 11) is 0. The first-order valence-electron chi connectivity index (χ1n) is 6.47. The van der Waals surface area contributed by atoms with Crippen molar-refractivity contribution in [2.24, 2.45) is 5.92 Å². The van der Waals surface area contributed by atoms with Crippen molar-refractivity contribution >= 4 is 0 Å². The van der Waals surface area contributed by atoms with Crippen molar-refractivity contribution in [2.45, 2.75) is 66.7 Å². The van der Waals surface area contributed by atoms with Gasteiger partial charge >= 0.3 is 0 Å². The van der Waals surface area contributed by atoms with Crippen LogP contribution in [0, 0.1) is 5.92 Å². The number of allylic oxidation sites excluding steroid dienone is 4. The second-order valence-electron chi connectivity index (χ2n) is 5.00. The molecule has 1 unspecified atom stereocenters. The molecule has 0 fully saturated rings. The highest BCUT2D eigenvalue weighted by molar-refractivity contribution is 5.46. The summed E-state index contributed by atoms with van der Waals surface area (Å²) in [6, 6.07) is 0. The van der Waals surface area contributed by atoms with Crippen LogP contribution in [-0.2, 0) is 0 Å². The minimum absolute atomic E-state index is 0.700. The van der Waals surface area contributed by atoms with Crippen LogP contribution in [0.3, 0.4) is 0 Å². The molecule has 0 N–H and O–H groups in total. The van der Waals surface area contributed by atoms with Gasteiger partial charge in [-0.05, 0) is 50.7 Å². The molecule has 1 atom stereocenters. The lowest BCUT2D eigenvalue weighted by atomic mass is 9.98. The molecule has 0 saturated carbocycles. The number of rotatable bonds is 5. The van der Waals surface area contributed by atoms with E-state index in [0.29, 0.717) is 5.92 Å². The van der Waals surface area contributed by atoms with Gasteiger partial charge in [-0.25, -0.2) is 0 Å². The van der Waals surface area contributed by atoms with Gasteiger partial charge in [-0.15, -0.1) is 0 Å². The summed E-state index contributed by atoms with van der Waals surface area (Å²) in [5, 5.41) is 0. The minimum atomic E-state index is 0.700. The Morgan fingerprint density at radius 1 is 0.933 bits per heavy atom. The molecule has 0 heteroatoms. The van der Waals surface area contributed by atoms with E-state index >= 15 is 0 Å². The first-order chi connectivity index (χ1) is 7.09. The lowest BCUT2D eigenvalue weighted by Gasteiger charge is -2.08. The van der Waals surface area contributed by atoms with Gasteiger partial charge in [-0.3, -0.25) is 0 Å². The average Bonchev–Trinajstić information content (AvgIpc) is 2.41. The van der Waals surface area contributed by atoms with Gasteiger partial charge in [-0.1, -0.05) is 44.3 Å². The Morgan fingerprint density at radius 3 is 2.07 bits per heavy atom. The Kier molecular flexibility index (Phi) is 4.63. The lowest BCUT2D eigenvalue weighted by molar-refractivity contribution is 0.663. The molecular weight excluding hydrogens is 180 g/mol. The zero-order chi connectivity index (χ0) is 11.4. The second kappa shape index (κ2) is 5.53. The third-order valence-corrected chi connectivity index (χ3v) is 4.10. The van der Waals surface area contributed by atoms with Crippen LogP contribution < -0.4 is 0 Å². The Hall–Kier alpha value is -0.520. The lowest BCUT2D eigenvalue weighted by Crippen LogP contribution is -1.93. The van der Waals surface area contributed by atoms with Crippen molar-refractivity contribution in [2.75, 3.05) is 0 Å². The standard InChI is InChI=1S/C15H26/c1-6-7-8-9-10-15-13(4)11(2)12(3)14(15)5/h11H,6-10H2,1-5H3. The van der Waals surface area contributed by atoms with E-state index in [1.807, 2.05) is 0 Å². The summed E-state index contributed by atoms with van der Waals surface area (Å²) in [5.74, 6) is 0.700. The molecule has 0 aromatic rings. The molecule has 0 saturated heterocycles. The second-order valence-corrected chi connectivity index (χ2v) is 5.00. The summed E-state index contributed by atoms with van der Waals surface area (Å²) in [5.41, 5.74) is 6.46. The molecule has 0 amide bonds. The van der Waals surface area contributed by atoms with E-state index in [9.17, 15) is 0 Å². The maximum Gasteiger partial charge on any atom is -0.00152 e. The molecule has 0 aromatic carbocycles. The third kappa shape index (κ3) is 2.74. The smallest absolute Gasteiger partial charge is 0.00152 e. The number of unbranched alkanes of at least 4 members (excludes halogenated alkanes) is 3. The van der Waals surface area contributed by atoms with Gasteiger partial charge in [0.1, 0.15) is 0 Å². The fourth-order valence-electron chi connectivity index (χ4n) is 2.56. The first kappa shape index (κ1) is 12.5. The molecule has 0 aromatic heterocycles. The molecule has 86 valence electrons. The predicted molar refractivity (Wildman–Crippen MR) is 69.0 cm³/mol. The first-order valence-corrected chi connectivity index (χ1v) is 6.47. The quantitative estimate of drug-likeness (QED) is 0.538. The van der Waals surface area contributed by atoms with Gasteiger partial charge in [0.2, 0.25) is 0 Å². The van der Waals surface area contributed by atoms with Crippen molar-refractivity contribution in [3.63, 3.8) is 0 Å². The monoisotopic (exact) mass is 206 g/mol. The van der Waals surface area contributed by atoms with Gasteiger partial charge in [0.15, 0.2) is 0 Å². The fraction of sp³-hybridized carbons (Fsp3) is 0.733. The Labute approximate surface area is 95.5 Å². The van der Waals surface area contributed by atoms with Crippen LogP contribution in [0.1, 0.15) is 66.7 Å². The van der Waals surface area contributed by atoms with Crippen molar-refractivity contribution in [1.29, 1.82) is 0 Å². The van der Waals surface area contributed by atoms with Crippen molar-refractivity contribution in [3.8, 4) is 0 Å². The van der Waals surface area contributed by atoms with Crippen LogP contribution in [0.5, 0.6) is 0 Å². The summed E-state index contributed by atoms with van der Waals surface area (Å²) < 4.78 is 0. The topological polar surface area (TPSA) is 0 Å². The molecule has 0 aliphatic heterocycles. The molecule has 1 aliphatic carbocycles. The SMILES string of the molecule is CCCCCCC1=C(C)C(C)C(C)=C1C. The van der Waals surface area contributed by atoms with Crippen LogP contribution in [-0.4, -0.2) is 0 Å². The van der Waals surface area contributed by atoms with Crippen LogP contribution in [0.15, 0.2) is 22.3 Å². The predicted octanol–water partition coefficient (Wildman–Crippen LogP) is 5.26. The van der Waals surface area contributed by atoms with E-state index in [4.69, 9.17) is 0 Å². The van der Waals surface area contributed by atoms with Gasteiger partial charge in [0.25, 0.3) is 0 Å². The van der Waals surface area contributed by atoms with Gasteiger partial charge in [0.05, 0.1) is 0 Å². The van der Waals surface area contributed by atoms with Gasteiger partial charge in [0, 0.05) is 0 Å². The third-order valence-electron chi connectivity index (χ3n) is 4.10. The Balaban J connectivity index is 2.54. The van der Waals surface area contributed by atoms with E-state index in [-0.39, 0.29) is 0 Å². The molecule has 15 heavy (non-hydrogen) atoms. The average molecular weight is 206 g/mol. The van der Waals surface area contributed by atoms with E-state index in [0.717, 1.165) is 0 Å². The maximum atomic E-state index is 2.34. The largest absolute Gasteiger partial charge is 0.0654 e. The van der Waals surface area contributed by atoms with Crippen molar-refractivity contribution in [3.05, 3.63) is 22.3 Å². The Bertz CT molecular complexity index is 278. The fourth-order valence-corrected chi connectivity index (χ4v) is 2.56. The van der Waals surface area contributed by atoms with Gasteiger partial charge < -0.3 is 0 Å². The summed E-state index contributed by atoms with van der Waals surface area (Å²) in [6.07, 6.45) is 6.80. The van der Waals surface area contributed by atoms with Crippen LogP contribution >= 0.6 is 0 Å². The molecule has 0 spiro atoms. The molecule has 0 nitrogen and oxygen atoms in total. The number of hydrogen-bond donors (Lipinski definition) is 0. The van der Waals surface area contributed by atoms with E-state index in [1.54, 1.807) is 22.3 Å². The summed E-state index contributed by atoms with van der Waals surface area (Å²) in [6.45, 7) is 11.5. The van der Waals surface area contributed by atoms with E-state index in [2.05, 4.69) is 34.6 Å². The minimum Gasteiger partial charge on any atom is -0.0654 e. The highest BCUT2D eigenvalue weighted by Gasteiger charge is 2.21. The zero-order valence-corrected chi connectivity index (χ0v) is 11.1. The highest BCUT2D eigenvalue weighted by atomic mass is 14.3. The van der Waals surface area contributed by atoms with Gasteiger partial charge in [-0.2, -0.15) is 0 Å². The van der Waals surface area contributed by atoms with Crippen molar-refractivity contribution < 1.29 is 0 Å². The molecule has 0 heterocycles. The molecule has 0 bridgehead atoms. The summed E-state index contributed by atoms with van der Waals surface area (Å²) >= 11 is 0. The number of hydrogen-bond acceptors (Lipinski definition) is 0. The van der Waals surface area contributed by atoms with E-state index < -0.39 is 0 Å². The van der Waals surface area contributed by atoms with Crippen LogP contribution in [0.2, 0.25) is 0 Å².